The number of nitrogens with zero attached hydrogens (tertiary/aromatic N) is 1. The van der Waals surface area contributed by atoms with Crippen LogP contribution in [-0.4, -0.2) is 22.8 Å². The van der Waals surface area contributed by atoms with E-state index < -0.39 is 0 Å². The molecule has 1 aliphatic carbocycles. The van der Waals surface area contributed by atoms with Crippen LogP contribution >= 0.6 is 0 Å². The molecule has 0 saturated carbocycles. The fraction of sp³-hybridized carbons (Fsp3) is 0.333. The Morgan fingerprint density at radius 2 is 1.94 bits per heavy atom. The molecule has 0 aliphatic heterocycles. The zero-order valence-electron chi connectivity index (χ0n) is 10.5. The Morgan fingerprint density at radius 1 is 1.22 bits per heavy atom. The van der Waals surface area contributed by atoms with Gasteiger partial charge in [0.05, 0.1) is 6.04 Å². The minimum absolute atomic E-state index is 0.0936. The lowest BCUT2D eigenvalue weighted by atomic mass is 10.0. The molecular weight excluding hydrogens is 226 g/mol. The van der Waals surface area contributed by atoms with E-state index in [-0.39, 0.29) is 17.9 Å². The van der Waals surface area contributed by atoms with Gasteiger partial charge in [0, 0.05) is 12.5 Å². The molecule has 0 radical (unpaired) electrons. The monoisotopic (exact) mass is 243 g/mol. The summed E-state index contributed by atoms with van der Waals surface area (Å²) in [5.74, 6) is -0.403. The second-order valence-electron chi connectivity index (χ2n) is 4.49. The highest BCUT2D eigenvalue weighted by atomic mass is 16.2. The third-order valence-corrected chi connectivity index (χ3v) is 3.14. The SMILES string of the molecule is CC(=O)N(C(=O)c1ccccc1)C1C=CCCC1. The first-order chi connectivity index (χ1) is 8.70. The van der Waals surface area contributed by atoms with Crippen molar-refractivity contribution in [2.45, 2.75) is 32.2 Å². The van der Waals surface area contributed by atoms with Gasteiger partial charge in [-0.15, -0.1) is 0 Å². The van der Waals surface area contributed by atoms with Gasteiger partial charge in [-0.1, -0.05) is 30.4 Å². The van der Waals surface area contributed by atoms with Gasteiger partial charge in [0.25, 0.3) is 5.91 Å². The van der Waals surface area contributed by atoms with Crippen molar-refractivity contribution in [3.8, 4) is 0 Å². The quantitative estimate of drug-likeness (QED) is 0.749. The number of amides is 2. The van der Waals surface area contributed by atoms with E-state index in [9.17, 15) is 9.59 Å². The fourth-order valence-electron chi connectivity index (χ4n) is 2.26. The van der Waals surface area contributed by atoms with E-state index in [4.69, 9.17) is 0 Å². The standard InChI is InChI=1S/C15H17NO2/c1-12(17)16(14-10-6-3-7-11-14)15(18)13-8-4-2-5-9-13/h2,4-6,8-10,14H,3,7,11H2,1H3. The van der Waals surface area contributed by atoms with Crippen LogP contribution in [0.25, 0.3) is 0 Å². The van der Waals surface area contributed by atoms with E-state index in [1.807, 2.05) is 30.4 Å². The van der Waals surface area contributed by atoms with Gasteiger partial charge in [0.1, 0.15) is 0 Å². The maximum atomic E-state index is 12.4. The number of allylic oxidation sites excluding steroid dienone is 1. The number of rotatable bonds is 2. The summed E-state index contributed by atoms with van der Waals surface area (Å²) < 4.78 is 0. The molecule has 0 saturated heterocycles. The van der Waals surface area contributed by atoms with Gasteiger partial charge >= 0.3 is 0 Å². The summed E-state index contributed by atoms with van der Waals surface area (Å²) in [5, 5.41) is 0. The van der Waals surface area contributed by atoms with Crippen molar-refractivity contribution in [2.24, 2.45) is 0 Å². The normalized spacial score (nSPS) is 18.4. The van der Waals surface area contributed by atoms with E-state index in [0.29, 0.717) is 5.56 Å². The van der Waals surface area contributed by atoms with Crippen LogP contribution in [0, 0.1) is 0 Å². The maximum absolute atomic E-state index is 12.4. The van der Waals surface area contributed by atoms with Crippen molar-refractivity contribution < 1.29 is 9.59 Å². The Labute approximate surface area is 107 Å². The van der Waals surface area contributed by atoms with E-state index in [2.05, 4.69) is 0 Å². The van der Waals surface area contributed by atoms with Crippen LogP contribution in [0.3, 0.4) is 0 Å². The summed E-state index contributed by atoms with van der Waals surface area (Å²) in [6.45, 7) is 1.45. The molecule has 18 heavy (non-hydrogen) atoms. The molecule has 94 valence electrons. The highest BCUT2D eigenvalue weighted by Gasteiger charge is 2.27. The molecule has 1 aliphatic rings. The van der Waals surface area contributed by atoms with Gasteiger partial charge in [0.2, 0.25) is 5.91 Å². The van der Waals surface area contributed by atoms with Gasteiger partial charge in [-0.05, 0) is 31.4 Å². The fourth-order valence-corrected chi connectivity index (χ4v) is 2.26. The zero-order chi connectivity index (χ0) is 13.0. The molecule has 3 heteroatoms. The molecule has 2 rings (SSSR count). The van der Waals surface area contributed by atoms with Gasteiger partial charge in [-0.3, -0.25) is 14.5 Å². The highest BCUT2D eigenvalue weighted by molar-refractivity contribution is 6.04. The van der Waals surface area contributed by atoms with Crippen LogP contribution in [0.15, 0.2) is 42.5 Å². The number of benzene rings is 1. The Balaban J connectivity index is 2.25. The molecule has 3 nitrogen and oxygen atoms in total. The van der Waals surface area contributed by atoms with E-state index in [0.717, 1.165) is 19.3 Å². The third kappa shape index (κ3) is 2.67. The predicted octanol–water partition coefficient (Wildman–Crippen LogP) is 2.78. The van der Waals surface area contributed by atoms with Gasteiger partial charge in [0.15, 0.2) is 0 Å². The largest absolute Gasteiger partial charge is 0.275 e. The molecule has 0 heterocycles. The number of carbonyl (C=O) groups is 2. The average Bonchev–Trinajstić information content (AvgIpc) is 2.40. The van der Waals surface area contributed by atoms with Crippen LogP contribution in [0.2, 0.25) is 0 Å². The van der Waals surface area contributed by atoms with Gasteiger partial charge in [-0.2, -0.15) is 0 Å². The Kier molecular flexibility index (Phi) is 3.92. The summed E-state index contributed by atoms with van der Waals surface area (Å²) in [5.41, 5.74) is 0.562. The van der Waals surface area contributed by atoms with E-state index >= 15 is 0 Å². The Hall–Kier alpha value is -1.90. The second kappa shape index (κ2) is 5.63. The molecular formula is C15H17NO2. The molecule has 1 aromatic carbocycles. The van der Waals surface area contributed by atoms with E-state index in [1.54, 1.807) is 12.1 Å². The molecule has 0 aromatic heterocycles. The summed E-state index contributed by atoms with van der Waals surface area (Å²) >= 11 is 0. The van der Waals surface area contributed by atoms with E-state index in [1.165, 1.54) is 11.8 Å². The Bertz CT molecular complexity index is 465. The second-order valence-corrected chi connectivity index (χ2v) is 4.49. The van der Waals surface area contributed by atoms with Crippen molar-refractivity contribution in [2.75, 3.05) is 0 Å². The zero-order valence-corrected chi connectivity index (χ0v) is 10.5. The molecule has 1 aromatic rings. The molecule has 1 unspecified atom stereocenters. The smallest absolute Gasteiger partial charge is 0.261 e. The maximum Gasteiger partial charge on any atom is 0.261 e. The molecule has 2 amide bonds. The number of hydrogen-bond acceptors (Lipinski definition) is 2. The lowest BCUT2D eigenvalue weighted by molar-refractivity contribution is -0.127. The first-order valence-corrected chi connectivity index (χ1v) is 6.26. The van der Waals surface area contributed by atoms with Crippen LogP contribution in [-0.2, 0) is 4.79 Å². The first-order valence-electron chi connectivity index (χ1n) is 6.26. The number of imide groups is 1. The average molecular weight is 243 g/mol. The summed E-state index contributed by atoms with van der Waals surface area (Å²) in [4.78, 5) is 25.5. The molecule has 0 spiro atoms. The minimum Gasteiger partial charge on any atom is -0.275 e. The van der Waals surface area contributed by atoms with Crippen molar-refractivity contribution in [3.05, 3.63) is 48.0 Å². The van der Waals surface area contributed by atoms with Crippen molar-refractivity contribution in [1.82, 2.24) is 4.90 Å². The van der Waals surface area contributed by atoms with Crippen molar-refractivity contribution in [1.29, 1.82) is 0 Å². The van der Waals surface area contributed by atoms with Gasteiger partial charge < -0.3 is 0 Å². The number of carbonyl (C=O) groups excluding carboxylic acids is 2. The predicted molar refractivity (Wildman–Crippen MR) is 70.1 cm³/mol. The lowest BCUT2D eigenvalue weighted by Gasteiger charge is -2.28. The Morgan fingerprint density at radius 3 is 2.50 bits per heavy atom. The van der Waals surface area contributed by atoms with Crippen LogP contribution in [0.5, 0.6) is 0 Å². The summed E-state index contributed by atoms with van der Waals surface area (Å²) in [6.07, 6.45) is 6.91. The summed E-state index contributed by atoms with van der Waals surface area (Å²) in [6, 6.07) is 8.86. The highest BCUT2D eigenvalue weighted by Crippen LogP contribution is 2.19. The number of hydrogen-bond donors (Lipinski definition) is 0. The van der Waals surface area contributed by atoms with Crippen molar-refractivity contribution in [3.63, 3.8) is 0 Å². The first kappa shape index (κ1) is 12.6. The lowest BCUT2D eigenvalue weighted by Crippen LogP contribution is -2.43. The van der Waals surface area contributed by atoms with Crippen LogP contribution in [0.1, 0.15) is 36.5 Å². The molecule has 0 N–H and O–H groups in total. The molecule has 1 atom stereocenters. The van der Waals surface area contributed by atoms with Gasteiger partial charge in [-0.25, -0.2) is 0 Å². The molecule has 0 bridgehead atoms. The van der Waals surface area contributed by atoms with Crippen molar-refractivity contribution >= 4 is 11.8 Å². The molecule has 0 fully saturated rings. The topological polar surface area (TPSA) is 37.4 Å². The minimum atomic E-state index is -0.209. The van der Waals surface area contributed by atoms with Crippen LogP contribution < -0.4 is 0 Å². The van der Waals surface area contributed by atoms with Crippen LogP contribution in [0.4, 0.5) is 0 Å². The summed E-state index contributed by atoms with van der Waals surface area (Å²) in [7, 11) is 0. The third-order valence-electron chi connectivity index (χ3n) is 3.14.